The van der Waals surface area contributed by atoms with Gasteiger partial charge in [0.1, 0.15) is 11.3 Å². The van der Waals surface area contributed by atoms with Crippen molar-refractivity contribution in [1.82, 2.24) is 4.90 Å². The molecule has 0 spiro atoms. The zero-order valence-electron chi connectivity index (χ0n) is 14.7. The van der Waals surface area contributed by atoms with Crippen LogP contribution in [0.2, 0.25) is 0 Å². The number of hydrogen-bond acceptors (Lipinski definition) is 6. The maximum absolute atomic E-state index is 12.7. The monoisotopic (exact) mass is 368 g/mol. The fraction of sp³-hybridized carbons (Fsp3) is 0.211. The van der Waals surface area contributed by atoms with Crippen LogP contribution in [0.25, 0.3) is 0 Å². The van der Waals surface area contributed by atoms with Crippen molar-refractivity contribution in [3.63, 3.8) is 0 Å². The summed E-state index contributed by atoms with van der Waals surface area (Å²) in [4.78, 5) is 48.5. The van der Waals surface area contributed by atoms with Crippen molar-refractivity contribution in [2.75, 3.05) is 6.61 Å². The van der Waals surface area contributed by atoms with E-state index in [0.717, 1.165) is 4.90 Å². The normalized spacial score (nSPS) is 12.9. The maximum atomic E-state index is 12.7. The number of carbonyl (C=O) groups excluding carboxylic acids is 3. The molecule has 27 heavy (non-hydrogen) atoms. The molecule has 1 aliphatic heterocycles. The number of imide groups is 1. The number of hydrogen-bond donors (Lipinski definition) is 0. The molecule has 0 bridgehead atoms. The molecule has 0 unspecified atom stereocenters. The van der Waals surface area contributed by atoms with Crippen molar-refractivity contribution in [3.8, 4) is 5.75 Å². The van der Waals surface area contributed by atoms with Gasteiger partial charge in [-0.15, -0.1) is 0 Å². The van der Waals surface area contributed by atoms with Crippen LogP contribution < -0.4 is 4.74 Å². The summed E-state index contributed by atoms with van der Waals surface area (Å²) in [6.45, 7) is 3.40. The minimum atomic E-state index is -0.738. The number of ether oxygens (including phenoxy) is 1. The quantitative estimate of drug-likeness (QED) is 0.336. The van der Waals surface area contributed by atoms with E-state index in [1.54, 1.807) is 25.1 Å². The molecule has 2 aromatic rings. The van der Waals surface area contributed by atoms with Gasteiger partial charge in [-0.05, 0) is 38.1 Å². The van der Waals surface area contributed by atoms with E-state index < -0.39 is 22.4 Å². The number of nitro benzene ring substituents is 1. The molecular weight excluding hydrogens is 352 g/mol. The van der Waals surface area contributed by atoms with Gasteiger partial charge in [-0.2, -0.15) is 0 Å². The van der Waals surface area contributed by atoms with Crippen molar-refractivity contribution < 1.29 is 24.0 Å². The number of benzene rings is 2. The molecular formula is C19H16N2O6. The molecule has 8 heteroatoms. The van der Waals surface area contributed by atoms with Crippen LogP contribution in [0.3, 0.4) is 0 Å². The van der Waals surface area contributed by atoms with Gasteiger partial charge in [-0.25, -0.2) is 0 Å². The molecule has 8 nitrogen and oxygen atoms in total. The maximum Gasteiger partial charge on any atom is 0.282 e. The van der Waals surface area contributed by atoms with Crippen molar-refractivity contribution in [2.24, 2.45) is 0 Å². The van der Waals surface area contributed by atoms with Crippen LogP contribution in [-0.4, -0.2) is 34.0 Å². The Kier molecular flexibility index (Phi) is 4.72. The Hall–Kier alpha value is -3.55. The standard InChI is InChI=1S/C19H16N2O6/c1-3-27-16-8-7-12(11(2)22)9-13(16)10-20-18(23)14-5-4-6-15(21(25)26)17(14)19(20)24/h4-9H,3,10H2,1-2H3. The third-order valence-corrected chi connectivity index (χ3v) is 4.27. The first kappa shape index (κ1) is 18.2. The van der Waals surface area contributed by atoms with Gasteiger partial charge in [-0.1, -0.05) is 6.07 Å². The highest BCUT2D eigenvalue weighted by molar-refractivity contribution is 6.23. The molecule has 1 aliphatic rings. The summed E-state index contributed by atoms with van der Waals surface area (Å²) in [7, 11) is 0. The lowest BCUT2D eigenvalue weighted by Gasteiger charge is -2.17. The first-order valence-corrected chi connectivity index (χ1v) is 8.25. The van der Waals surface area contributed by atoms with E-state index in [0.29, 0.717) is 23.5 Å². The summed E-state index contributed by atoms with van der Waals surface area (Å²) in [6, 6.07) is 8.71. The largest absolute Gasteiger partial charge is 0.494 e. The lowest BCUT2D eigenvalue weighted by Crippen LogP contribution is -2.29. The lowest BCUT2D eigenvalue weighted by molar-refractivity contribution is -0.385. The fourth-order valence-electron chi connectivity index (χ4n) is 3.00. The van der Waals surface area contributed by atoms with Gasteiger partial charge < -0.3 is 4.74 Å². The fourth-order valence-corrected chi connectivity index (χ4v) is 3.00. The van der Waals surface area contributed by atoms with Gasteiger partial charge in [0.15, 0.2) is 5.78 Å². The van der Waals surface area contributed by atoms with Crippen LogP contribution in [0.4, 0.5) is 5.69 Å². The second-order valence-electron chi connectivity index (χ2n) is 5.96. The summed E-state index contributed by atoms with van der Waals surface area (Å²) >= 11 is 0. The molecule has 0 aromatic heterocycles. The van der Waals surface area contributed by atoms with Crippen LogP contribution >= 0.6 is 0 Å². The Morgan fingerprint density at radius 1 is 1.19 bits per heavy atom. The lowest BCUT2D eigenvalue weighted by atomic mass is 10.1. The predicted octanol–water partition coefficient (Wildman–Crippen LogP) is 2.99. The highest BCUT2D eigenvalue weighted by atomic mass is 16.6. The highest BCUT2D eigenvalue weighted by Crippen LogP contribution is 2.33. The van der Waals surface area contributed by atoms with Gasteiger partial charge in [-0.3, -0.25) is 29.4 Å². The van der Waals surface area contributed by atoms with E-state index in [2.05, 4.69) is 0 Å². The second kappa shape index (κ2) is 6.99. The van der Waals surface area contributed by atoms with Crippen LogP contribution in [0.1, 0.15) is 50.5 Å². The molecule has 0 aliphatic carbocycles. The number of rotatable bonds is 6. The van der Waals surface area contributed by atoms with Gasteiger partial charge in [0, 0.05) is 17.2 Å². The number of nitrogens with zero attached hydrogens (tertiary/aromatic N) is 2. The van der Waals surface area contributed by atoms with Crippen molar-refractivity contribution in [3.05, 3.63) is 68.8 Å². The van der Waals surface area contributed by atoms with Crippen LogP contribution in [-0.2, 0) is 6.54 Å². The summed E-state index contributed by atoms with van der Waals surface area (Å²) in [5, 5.41) is 11.2. The van der Waals surface area contributed by atoms with E-state index in [4.69, 9.17) is 4.74 Å². The number of fused-ring (bicyclic) bond motifs is 1. The number of amides is 2. The Labute approximate surface area is 154 Å². The molecule has 1 heterocycles. The average molecular weight is 368 g/mol. The average Bonchev–Trinajstić information content (AvgIpc) is 2.88. The number of nitro groups is 1. The molecule has 0 saturated carbocycles. The van der Waals surface area contributed by atoms with E-state index >= 15 is 0 Å². The Balaban J connectivity index is 2.02. The Morgan fingerprint density at radius 3 is 2.56 bits per heavy atom. The summed E-state index contributed by atoms with van der Waals surface area (Å²) in [6.07, 6.45) is 0. The number of carbonyl (C=O) groups is 3. The molecule has 2 amide bonds. The van der Waals surface area contributed by atoms with Crippen LogP contribution in [0.15, 0.2) is 36.4 Å². The molecule has 3 rings (SSSR count). The Bertz CT molecular complexity index is 982. The molecule has 0 radical (unpaired) electrons. The SMILES string of the molecule is CCOc1ccc(C(C)=O)cc1CN1C(=O)c2cccc([N+](=O)[O-])c2C1=O. The zero-order chi connectivity index (χ0) is 19.7. The third-order valence-electron chi connectivity index (χ3n) is 4.27. The highest BCUT2D eigenvalue weighted by Gasteiger charge is 2.41. The predicted molar refractivity (Wildman–Crippen MR) is 94.9 cm³/mol. The topological polar surface area (TPSA) is 107 Å². The molecule has 138 valence electrons. The van der Waals surface area contributed by atoms with Gasteiger partial charge >= 0.3 is 0 Å². The van der Waals surface area contributed by atoms with Crippen LogP contribution in [0.5, 0.6) is 5.75 Å². The van der Waals surface area contributed by atoms with E-state index in [1.807, 2.05) is 0 Å². The minimum absolute atomic E-state index is 0.00474. The zero-order valence-corrected chi connectivity index (χ0v) is 14.7. The van der Waals surface area contributed by atoms with Crippen molar-refractivity contribution in [2.45, 2.75) is 20.4 Å². The first-order chi connectivity index (χ1) is 12.8. The van der Waals surface area contributed by atoms with Crippen LogP contribution in [0, 0.1) is 10.1 Å². The second-order valence-corrected chi connectivity index (χ2v) is 5.96. The molecule has 0 saturated heterocycles. The number of Topliss-reactive ketones (excluding diaryl/α,β-unsaturated/α-hetero) is 1. The van der Waals surface area contributed by atoms with Gasteiger partial charge in [0.2, 0.25) is 0 Å². The molecule has 0 atom stereocenters. The third kappa shape index (κ3) is 3.17. The number of ketones is 1. The molecule has 0 fully saturated rings. The van der Waals surface area contributed by atoms with Gasteiger partial charge in [0.25, 0.3) is 17.5 Å². The Morgan fingerprint density at radius 2 is 1.93 bits per heavy atom. The summed E-state index contributed by atoms with van der Waals surface area (Å²) in [5.74, 6) is -1.08. The van der Waals surface area contributed by atoms with Gasteiger partial charge in [0.05, 0.1) is 23.6 Å². The first-order valence-electron chi connectivity index (χ1n) is 8.25. The minimum Gasteiger partial charge on any atom is -0.494 e. The van der Waals surface area contributed by atoms with E-state index in [1.165, 1.54) is 25.1 Å². The summed E-state index contributed by atoms with van der Waals surface area (Å²) < 4.78 is 5.52. The van der Waals surface area contributed by atoms with E-state index in [9.17, 15) is 24.5 Å². The molecule has 0 N–H and O–H groups in total. The smallest absolute Gasteiger partial charge is 0.282 e. The van der Waals surface area contributed by atoms with Crippen molar-refractivity contribution >= 4 is 23.3 Å². The molecule has 2 aromatic carbocycles. The summed E-state index contributed by atoms with van der Waals surface area (Å²) in [5.41, 5.74) is 0.261. The van der Waals surface area contributed by atoms with Crippen molar-refractivity contribution in [1.29, 1.82) is 0 Å². The van der Waals surface area contributed by atoms with E-state index in [-0.39, 0.29) is 23.5 Å².